The minimum absolute atomic E-state index is 0.00572. The first kappa shape index (κ1) is 23.3. The van der Waals surface area contributed by atoms with E-state index in [4.69, 9.17) is 16.9 Å². The number of aryl methyl sites for hydroxylation is 1. The fourth-order valence-corrected chi connectivity index (χ4v) is 4.20. The van der Waals surface area contributed by atoms with Crippen molar-refractivity contribution < 1.29 is 13.9 Å². The summed E-state index contributed by atoms with van der Waals surface area (Å²) in [6.45, 7) is 5.34. The molecule has 8 nitrogen and oxygen atoms in total. The van der Waals surface area contributed by atoms with Gasteiger partial charge < -0.3 is 10.0 Å². The number of halogens is 3. The number of hydrogen-bond donors (Lipinski definition) is 1. The largest absolute Gasteiger partial charge is 0.385 e. The van der Waals surface area contributed by atoms with E-state index in [2.05, 4.69) is 21.8 Å². The van der Waals surface area contributed by atoms with Gasteiger partial charge in [0.25, 0.3) is 6.43 Å². The van der Waals surface area contributed by atoms with Crippen LogP contribution in [0.4, 0.5) is 14.6 Å². The van der Waals surface area contributed by atoms with Gasteiger partial charge >= 0.3 is 0 Å². The number of aromatic nitrogens is 3. The third-order valence-corrected chi connectivity index (χ3v) is 5.80. The Morgan fingerprint density at radius 3 is 2.71 bits per heavy atom. The SMILES string of the molecule is C=N/C=c1/cc(Cl)cc/c1=C\c1c(C)nc2c(C#N)c(C(F)F)nn2c1N1CC(O)(CC#N)C1. The number of aliphatic imine (C=N–C) groups is 1. The summed E-state index contributed by atoms with van der Waals surface area (Å²) < 4.78 is 28.5. The summed E-state index contributed by atoms with van der Waals surface area (Å²) in [6, 6.07) is 8.90. The van der Waals surface area contributed by atoms with Gasteiger partial charge in [-0.2, -0.15) is 20.1 Å². The molecule has 1 aliphatic heterocycles. The first-order valence-corrected chi connectivity index (χ1v) is 10.5. The van der Waals surface area contributed by atoms with Crippen LogP contribution in [0.3, 0.4) is 0 Å². The molecule has 0 amide bonds. The third kappa shape index (κ3) is 3.98. The third-order valence-electron chi connectivity index (χ3n) is 5.57. The average molecular weight is 482 g/mol. The van der Waals surface area contributed by atoms with Crippen molar-refractivity contribution in [1.82, 2.24) is 14.6 Å². The zero-order valence-corrected chi connectivity index (χ0v) is 18.8. The van der Waals surface area contributed by atoms with E-state index in [1.54, 1.807) is 42.2 Å². The van der Waals surface area contributed by atoms with E-state index in [9.17, 15) is 19.1 Å². The van der Waals surface area contributed by atoms with Crippen LogP contribution in [0.5, 0.6) is 0 Å². The molecule has 2 aromatic heterocycles. The molecule has 172 valence electrons. The lowest BCUT2D eigenvalue weighted by molar-refractivity contribution is 0.0159. The number of alkyl halides is 2. The van der Waals surface area contributed by atoms with Gasteiger partial charge in [-0.25, -0.2) is 13.8 Å². The molecule has 1 saturated heterocycles. The van der Waals surface area contributed by atoms with Gasteiger partial charge in [-0.3, -0.25) is 4.99 Å². The van der Waals surface area contributed by atoms with Crippen LogP contribution >= 0.6 is 11.6 Å². The smallest absolute Gasteiger partial charge is 0.283 e. The van der Waals surface area contributed by atoms with Crippen molar-refractivity contribution in [3.05, 3.63) is 56.2 Å². The molecule has 1 fully saturated rings. The van der Waals surface area contributed by atoms with E-state index >= 15 is 0 Å². The van der Waals surface area contributed by atoms with Crippen LogP contribution in [-0.2, 0) is 0 Å². The van der Waals surface area contributed by atoms with Gasteiger partial charge in [0, 0.05) is 22.0 Å². The van der Waals surface area contributed by atoms with Gasteiger partial charge in [-0.15, -0.1) is 0 Å². The van der Waals surface area contributed by atoms with Crippen LogP contribution in [-0.4, -0.2) is 45.1 Å². The lowest BCUT2D eigenvalue weighted by Gasteiger charge is -2.47. The number of nitrogens with zero attached hydrogens (tertiary/aromatic N) is 7. The van der Waals surface area contributed by atoms with Crippen molar-refractivity contribution in [3.8, 4) is 12.1 Å². The summed E-state index contributed by atoms with van der Waals surface area (Å²) in [5.74, 6) is 0.376. The number of benzene rings is 1. The van der Waals surface area contributed by atoms with Crippen molar-refractivity contribution >= 4 is 42.1 Å². The average Bonchev–Trinajstić information content (AvgIpc) is 3.13. The van der Waals surface area contributed by atoms with Gasteiger partial charge in [-0.1, -0.05) is 17.7 Å². The van der Waals surface area contributed by atoms with E-state index in [0.29, 0.717) is 32.5 Å². The summed E-state index contributed by atoms with van der Waals surface area (Å²) in [6.07, 6.45) is 0.258. The second-order valence-corrected chi connectivity index (χ2v) is 8.42. The molecule has 0 radical (unpaired) electrons. The Hall–Kier alpha value is -3.86. The fourth-order valence-electron chi connectivity index (χ4n) is 4.02. The second kappa shape index (κ2) is 8.82. The minimum Gasteiger partial charge on any atom is -0.385 e. The number of β-amino-alcohol motifs (C(OH)–C–C–N with tert-alkyl or cyclic N) is 1. The van der Waals surface area contributed by atoms with Gasteiger partial charge in [0.1, 0.15) is 28.7 Å². The Balaban J connectivity index is 2.05. The van der Waals surface area contributed by atoms with Crippen molar-refractivity contribution in [2.75, 3.05) is 18.0 Å². The van der Waals surface area contributed by atoms with Crippen LogP contribution in [0.15, 0.2) is 23.2 Å². The standard InChI is InChI=1S/C23H18ClF2N7O/c1-13-17(8-14-3-4-16(24)7-15(14)10-29-2)22(32-11-23(34,12-32)5-6-27)33-21(30-13)18(9-28)19(31-33)20(25)26/h3-4,7-8,10,20,34H,2,5,11-12H2,1H3/b14-8+,15-10-. The Bertz CT molecular complexity index is 1510. The van der Waals surface area contributed by atoms with Crippen LogP contribution in [0.2, 0.25) is 5.02 Å². The molecule has 0 atom stereocenters. The topological polar surface area (TPSA) is 114 Å². The molecule has 11 heteroatoms. The maximum absolute atomic E-state index is 13.6. The summed E-state index contributed by atoms with van der Waals surface area (Å²) in [7, 11) is 0. The Kier molecular flexibility index (Phi) is 6.05. The van der Waals surface area contributed by atoms with Crippen LogP contribution in [0, 0.1) is 29.6 Å². The number of hydrogen-bond acceptors (Lipinski definition) is 7. The molecule has 0 saturated carbocycles. The number of anilines is 1. The molecule has 0 spiro atoms. The summed E-state index contributed by atoms with van der Waals surface area (Å²) in [5, 5.41) is 35.0. The molecule has 1 aromatic carbocycles. The summed E-state index contributed by atoms with van der Waals surface area (Å²) in [4.78, 5) is 9.95. The molecular formula is C23H18ClF2N7O. The fraction of sp³-hybridized carbons (Fsp3) is 0.261. The lowest BCUT2D eigenvalue weighted by atomic mass is 9.90. The lowest BCUT2D eigenvalue weighted by Crippen LogP contribution is -2.62. The summed E-state index contributed by atoms with van der Waals surface area (Å²) in [5.41, 5.74) is -1.22. The number of fused-ring (bicyclic) bond motifs is 1. The van der Waals surface area contributed by atoms with Crippen molar-refractivity contribution in [1.29, 1.82) is 10.5 Å². The minimum atomic E-state index is -2.97. The Morgan fingerprint density at radius 1 is 1.35 bits per heavy atom. The monoisotopic (exact) mass is 481 g/mol. The molecule has 3 aromatic rings. The van der Waals surface area contributed by atoms with Gasteiger partial charge in [0.15, 0.2) is 5.65 Å². The molecule has 1 N–H and O–H groups in total. The van der Waals surface area contributed by atoms with Crippen LogP contribution < -0.4 is 15.3 Å². The first-order chi connectivity index (χ1) is 16.2. The van der Waals surface area contributed by atoms with Crippen molar-refractivity contribution in [2.24, 2.45) is 4.99 Å². The zero-order valence-electron chi connectivity index (χ0n) is 18.0. The highest BCUT2D eigenvalue weighted by atomic mass is 35.5. The number of nitriles is 2. The van der Waals surface area contributed by atoms with E-state index in [0.717, 1.165) is 0 Å². The maximum atomic E-state index is 13.6. The highest BCUT2D eigenvalue weighted by molar-refractivity contribution is 6.30. The quantitative estimate of drug-likeness (QED) is 0.559. The van der Waals surface area contributed by atoms with Gasteiger partial charge in [0.05, 0.1) is 31.3 Å². The van der Waals surface area contributed by atoms with Gasteiger partial charge in [-0.05, 0) is 37.1 Å². The molecule has 4 rings (SSSR count). The van der Waals surface area contributed by atoms with Crippen molar-refractivity contribution in [3.63, 3.8) is 0 Å². The first-order valence-electron chi connectivity index (χ1n) is 10.1. The number of rotatable bonds is 5. The van der Waals surface area contributed by atoms with Crippen LogP contribution in [0.1, 0.15) is 35.4 Å². The highest BCUT2D eigenvalue weighted by Crippen LogP contribution is 2.36. The van der Waals surface area contributed by atoms with E-state index in [1.165, 1.54) is 10.7 Å². The normalized spacial score (nSPS) is 15.9. The van der Waals surface area contributed by atoms with E-state index < -0.39 is 17.7 Å². The van der Waals surface area contributed by atoms with Crippen molar-refractivity contribution in [2.45, 2.75) is 25.4 Å². The zero-order chi connectivity index (χ0) is 24.6. The predicted octanol–water partition coefficient (Wildman–Crippen LogP) is 2.23. The van der Waals surface area contributed by atoms with Gasteiger partial charge in [0.2, 0.25) is 0 Å². The van der Waals surface area contributed by atoms with E-state index in [-0.39, 0.29) is 30.7 Å². The van der Waals surface area contributed by atoms with E-state index in [1.807, 2.05) is 6.07 Å². The molecule has 34 heavy (non-hydrogen) atoms. The molecule has 0 unspecified atom stereocenters. The predicted molar refractivity (Wildman–Crippen MR) is 123 cm³/mol. The summed E-state index contributed by atoms with van der Waals surface area (Å²) >= 11 is 6.12. The molecule has 0 bridgehead atoms. The highest BCUT2D eigenvalue weighted by Gasteiger charge is 2.43. The molecular weight excluding hydrogens is 464 g/mol. The van der Waals surface area contributed by atoms with Crippen LogP contribution in [0.25, 0.3) is 17.9 Å². The number of aliphatic hydroxyl groups is 1. The maximum Gasteiger partial charge on any atom is 0.283 e. The second-order valence-electron chi connectivity index (χ2n) is 7.99. The molecule has 1 aliphatic rings. The Labute approximate surface area is 198 Å². The molecule has 0 aliphatic carbocycles. The molecule has 3 heterocycles. The Morgan fingerprint density at radius 2 is 2.09 bits per heavy atom.